The van der Waals surface area contributed by atoms with Crippen LogP contribution in [0.5, 0.6) is 0 Å². The predicted molar refractivity (Wildman–Crippen MR) is 65.5 cm³/mol. The van der Waals surface area contributed by atoms with Gasteiger partial charge in [-0.2, -0.15) is 5.26 Å². The quantitative estimate of drug-likeness (QED) is 0.847. The lowest BCUT2D eigenvalue weighted by Crippen LogP contribution is -2.23. The van der Waals surface area contributed by atoms with E-state index < -0.39 is 0 Å². The summed E-state index contributed by atoms with van der Waals surface area (Å²) < 4.78 is 0. The Bertz CT molecular complexity index is 490. The molecule has 1 heterocycles. The number of nitrogens with one attached hydrogen (secondary N) is 1. The first-order chi connectivity index (χ1) is 8.11. The molecule has 0 spiro atoms. The Morgan fingerprint density at radius 2 is 2.35 bits per heavy atom. The van der Waals surface area contributed by atoms with Gasteiger partial charge in [0.15, 0.2) is 0 Å². The van der Waals surface area contributed by atoms with Crippen molar-refractivity contribution in [3.8, 4) is 6.07 Å². The largest absolute Gasteiger partial charge is 0.315 e. The molecule has 0 fully saturated rings. The number of benzene rings is 1. The molecule has 1 N–H and O–H groups in total. The monoisotopic (exact) mass is 229 g/mol. The van der Waals surface area contributed by atoms with Gasteiger partial charge in [0, 0.05) is 19.3 Å². The average molecular weight is 229 g/mol. The Morgan fingerprint density at radius 3 is 3.06 bits per heavy atom. The van der Waals surface area contributed by atoms with E-state index in [0.29, 0.717) is 13.0 Å². The number of carbonyl (C=O) groups is 1. The molecule has 1 aromatic carbocycles. The number of hydrogen-bond acceptors (Lipinski definition) is 3. The molecule has 0 aromatic heterocycles. The van der Waals surface area contributed by atoms with Crippen molar-refractivity contribution < 1.29 is 4.79 Å². The van der Waals surface area contributed by atoms with Gasteiger partial charge >= 0.3 is 0 Å². The third-order valence-electron chi connectivity index (χ3n) is 3.03. The van der Waals surface area contributed by atoms with E-state index in [1.54, 1.807) is 11.9 Å². The maximum absolute atomic E-state index is 11.5. The fourth-order valence-electron chi connectivity index (χ4n) is 1.95. The predicted octanol–water partition coefficient (Wildman–Crippen LogP) is 1.21. The standard InChI is InChI=1S/C13H15N3O/c1-9(7-14)15-8-10-3-4-12-11(5-10)6-13(17)16(12)2/h3-5,9,15H,6,8H2,1-2H3. The normalized spacial score (nSPS) is 15.6. The number of carbonyl (C=O) groups excluding carboxylic acids is 1. The maximum atomic E-state index is 11.5. The summed E-state index contributed by atoms with van der Waals surface area (Å²) >= 11 is 0. The topological polar surface area (TPSA) is 56.1 Å². The van der Waals surface area contributed by atoms with Gasteiger partial charge < -0.3 is 4.90 Å². The Labute approximate surface area is 101 Å². The second-order valence-corrected chi connectivity index (χ2v) is 4.32. The minimum atomic E-state index is -0.160. The van der Waals surface area contributed by atoms with Crippen molar-refractivity contribution in [3.05, 3.63) is 29.3 Å². The molecule has 88 valence electrons. The van der Waals surface area contributed by atoms with E-state index in [-0.39, 0.29) is 11.9 Å². The molecular weight excluding hydrogens is 214 g/mol. The van der Waals surface area contributed by atoms with Gasteiger partial charge in [-0.15, -0.1) is 0 Å². The molecule has 4 nitrogen and oxygen atoms in total. The van der Waals surface area contributed by atoms with E-state index in [4.69, 9.17) is 5.26 Å². The summed E-state index contributed by atoms with van der Waals surface area (Å²) in [5.41, 5.74) is 3.17. The van der Waals surface area contributed by atoms with Crippen LogP contribution in [0.2, 0.25) is 0 Å². The number of nitriles is 1. The molecule has 0 saturated carbocycles. The smallest absolute Gasteiger partial charge is 0.231 e. The number of amides is 1. The van der Waals surface area contributed by atoms with Crippen LogP contribution in [0.15, 0.2) is 18.2 Å². The van der Waals surface area contributed by atoms with Gasteiger partial charge in [-0.1, -0.05) is 12.1 Å². The molecule has 1 unspecified atom stereocenters. The van der Waals surface area contributed by atoms with E-state index in [1.165, 1.54) is 0 Å². The van der Waals surface area contributed by atoms with E-state index in [1.807, 2.05) is 25.1 Å². The van der Waals surface area contributed by atoms with Gasteiger partial charge in [-0.3, -0.25) is 10.1 Å². The van der Waals surface area contributed by atoms with Crippen molar-refractivity contribution in [1.29, 1.82) is 5.26 Å². The Balaban J connectivity index is 2.11. The highest BCUT2D eigenvalue weighted by Gasteiger charge is 2.23. The highest BCUT2D eigenvalue weighted by Crippen LogP contribution is 2.28. The zero-order chi connectivity index (χ0) is 12.4. The molecule has 1 aromatic rings. The van der Waals surface area contributed by atoms with Crippen LogP contribution in [-0.2, 0) is 17.8 Å². The third-order valence-corrected chi connectivity index (χ3v) is 3.03. The van der Waals surface area contributed by atoms with Crippen LogP contribution >= 0.6 is 0 Å². The molecule has 1 aliphatic rings. The number of fused-ring (bicyclic) bond motifs is 1. The fourth-order valence-corrected chi connectivity index (χ4v) is 1.95. The third kappa shape index (κ3) is 2.29. The Kier molecular flexibility index (Phi) is 3.12. The molecule has 0 radical (unpaired) electrons. The maximum Gasteiger partial charge on any atom is 0.231 e. The van der Waals surface area contributed by atoms with E-state index in [2.05, 4.69) is 11.4 Å². The lowest BCUT2D eigenvalue weighted by molar-refractivity contribution is -0.117. The van der Waals surface area contributed by atoms with Crippen molar-refractivity contribution in [2.75, 3.05) is 11.9 Å². The minimum Gasteiger partial charge on any atom is -0.315 e. The summed E-state index contributed by atoms with van der Waals surface area (Å²) in [4.78, 5) is 13.2. The Hall–Kier alpha value is -1.86. The van der Waals surface area contributed by atoms with Crippen LogP contribution in [0, 0.1) is 11.3 Å². The first-order valence-corrected chi connectivity index (χ1v) is 5.63. The molecule has 0 aliphatic carbocycles. The van der Waals surface area contributed by atoms with E-state index >= 15 is 0 Å². The molecule has 0 saturated heterocycles. The zero-order valence-corrected chi connectivity index (χ0v) is 10.0. The van der Waals surface area contributed by atoms with E-state index in [9.17, 15) is 4.79 Å². The van der Waals surface area contributed by atoms with E-state index in [0.717, 1.165) is 16.8 Å². The second-order valence-electron chi connectivity index (χ2n) is 4.32. The number of hydrogen-bond donors (Lipinski definition) is 1. The molecule has 1 aliphatic heterocycles. The van der Waals surface area contributed by atoms with Crippen LogP contribution < -0.4 is 10.2 Å². The average Bonchev–Trinajstić information content (AvgIpc) is 2.62. The molecule has 4 heteroatoms. The summed E-state index contributed by atoms with van der Waals surface area (Å²) in [6.45, 7) is 2.48. The number of anilines is 1. The van der Waals surface area contributed by atoms with Gasteiger partial charge in [0.05, 0.1) is 18.5 Å². The van der Waals surface area contributed by atoms with Crippen molar-refractivity contribution in [2.45, 2.75) is 25.9 Å². The van der Waals surface area contributed by atoms with Crippen LogP contribution in [0.1, 0.15) is 18.1 Å². The molecule has 0 bridgehead atoms. The molecule has 1 atom stereocenters. The van der Waals surface area contributed by atoms with Crippen molar-refractivity contribution in [1.82, 2.24) is 5.32 Å². The van der Waals surface area contributed by atoms with Crippen molar-refractivity contribution in [2.24, 2.45) is 0 Å². The highest BCUT2D eigenvalue weighted by molar-refractivity contribution is 6.00. The fraction of sp³-hybridized carbons (Fsp3) is 0.385. The lowest BCUT2D eigenvalue weighted by atomic mass is 10.1. The summed E-state index contributed by atoms with van der Waals surface area (Å²) in [7, 11) is 1.80. The van der Waals surface area contributed by atoms with Crippen molar-refractivity contribution in [3.63, 3.8) is 0 Å². The summed E-state index contributed by atoms with van der Waals surface area (Å²) in [5, 5.41) is 11.8. The Morgan fingerprint density at radius 1 is 1.59 bits per heavy atom. The highest BCUT2D eigenvalue weighted by atomic mass is 16.2. The van der Waals surface area contributed by atoms with Crippen LogP contribution in [0.25, 0.3) is 0 Å². The summed E-state index contributed by atoms with van der Waals surface area (Å²) in [5.74, 6) is 0.135. The van der Waals surface area contributed by atoms with Crippen molar-refractivity contribution >= 4 is 11.6 Å². The number of rotatable bonds is 3. The summed E-state index contributed by atoms with van der Waals surface area (Å²) in [6.07, 6.45) is 0.480. The SMILES string of the molecule is CC(C#N)NCc1ccc2c(c1)CC(=O)N2C. The van der Waals surface area contributed by atoms with Gasteiger partial charge in [0.1, 0.15) is 0 Å². The molecule has 17 heavy (non-hydrogen) atoms. The zero-order valence-electron chi connectivity index (χ0n) is 10.0. The first-order valence-electron chi connectivity index (χ1n) is 5.63. The number of likely N-dealkylation sites (N-methyl/N-ethyl adjacent to an activating group) is 1. The van der Waals surface area contributed by atoms with Crippen LogP contribution in [-0.4, -0.2) is 19.0 Å². The van der Waals surface area contributed by atoms with Gasteiger partial charge in [-0.05, 0) is 24.1 Å². The second kappa shape index (κ2) is 4.56. The van der Waals surface area contributed by atoms with Gasteiger partial charge in [-0.25, -0.2) is 0 Å². The van der Waals surface area contributed by atoms with Crippen LogP contribution in [0.4, 0.5) is 5.69 Å². The minimum absolute atomic E-state index is 0.135. The molecule has 2 rings (SSSR count). The molecular formula is C13H15N3O. The van der Waals surface area contributed by atoms with Gasteiger partial charge in [0.25, 0.3) is 0 Å². The lowest BCUT2D eigenvalue weighted by Gasteiger charge is -2.11. The molecule has 1 amide bonds. The first kappa shape index (κ1) is 11.6. The van der Waals surface area contributed by atoms with Crippen LogP contribution in [0.3, 0.4) is 0 Å². The number of nitrogens with zero attached hydrogens (tertiary/aromatic N) is 2. The summed E-state index contributed by atoms with van der Waals surface area (Å²) in [6, 6.07) is 7.96. The van der Waals surface area contributed by atoms with Gasteiger partial charge in [0.2, 0.25) is 5.91 Å².